The lowest BCUT2D eigenvalue weighted by Crippen LogP contribution is -1.93. The highest BCUT2D eigenvalue weighted by atomic mass is 16.4. The second-order valence-electron chi connectivity index (χ2n) is 4.45. The molecule has 0 aliphatic rings. The molecule has 20 heavy (non-hydrogen) atoms. The number of aliphatic carboxylic acids is 1. The van der Waals surface area contributed by atoms with Crippen LogP contribution in [0, 0.1) is 0 Å². The fraction of sp³-hybridized carbons (Fsp3) is 0.0667. The van der Waals surface area contributed by atoms with Crippen molar-refractivity contribution in [3.63, 3.8) is 0 Å². The molecule has 0 atom stereocenters. The van der Waals surface area contributed by atoms with Crippen LogP contribution in [0.2, 0.25) is 0 Å². The predicted octanol–water partition coefficient (Wildman–Crippen LogP) is 2.58. The number of hydrogen-bond donors (Lipinski definition) is 3. The highest BCUT2D eigenvalue weighted by molar-refractivity contribution is 5.90. The van der Waals surface area contributed by atoms with Crippen LogP contribution in [0.3, 0.4) is 0 Å². The number of rotatable bonds is 4. The molecule has 0 unspecified atom stereocenters. The Balaban J connectivity index is 2.10. The molecule has 3 rings (SSSR count). The molecule has 0 fully saturated rings. The number of H-pyrrole nitrogens is 2. The molecule has 3 N–H and O–H groups in total. The van der Waals surface area contributed by atoms with E-state index in [0.717, 1.165) is 34.1 Å². The second-order valence-corrected chi connectivity index (χ2v) is 4.45. The number of imidazole rings is 1. The van der Waals surface area contributed by atoms with Crippen LogP contribution in [-0.4, -0.2) is 26.0 Å². The van der Waals surface area contributed by atoms with Gasteiger partial charge in [0.25, 0.3) is 0 Å². The van der Waals surface area contributed by atoms with E-state index in [2.05, 4.69) is 15.0 Å². The average Bonchev–Trinajstić information content (AvgIpc) is 3.05. The SMILES string of the molecule is O=C(O)C=Cc1[nH]c2ccccc2c1Cc1ncc[nH]1. The number of benzene rings is 1. The summed E-state index contributed by atoms with van der Waals surface area (Å²) in [6.07, 6.45) is 6.82. The van der Waals surface area contributed by atoms with Gasteiger partial charge in [0.05, 0.1) is 0 Å². The zero-order chi connectivity index (χ0) is 13.9. The minimum Gasteiger partial charge on any atom is -0.478 e. The van der Waals surface area contributed by atoms with Gasteiger partial charge in [-0.1, -0.05) is 18.2 Å². The molecule has 1 aromatic carbocycles. The minimum absolute atomic E-state index is 0.621. The third kappa shape index (κ3) is 2.33. The monoisotopic (exact) mass is 267 g/mol. The average molecular weight is 267 g/mol. The van der Waals surface area contributed by atoms with Gasteiger partial charge in [-0.05, 0) is 17.7 Å². The van der Waals surface area contributed by atoms with Gasteiger partial charge in [-0.25, -0.2) is 9.78 Å². The minimum atomic E-state index is -0.965. The summed E-state index contributed by atoms with van der Waals surface area (Å²) in [6, 6.07) is 7.90. The van der Waals surface area contributed by atoms with Crippen molar-refractivity contribution in [2.45, 2.75) is 6.42 Å². The van der Waals surface area contributed by atoms with Gasteiger partial charge in [0.1, 0.15) is 5.82 Å². The smallest absolute Gasteiger partial charge is 0.328 e. The first kappa shape index (κ1) is 12.2. The van der Waals surface area contributed by atoms with Crippen LogP contribution in [-0.2, 0) is 11.2 Å². The molecule has 5 nitrogen and oxygen atoms in total. The van der Waals surface area contributed by atoms with E-state index in [1.54, 1.807) is 18.5 Å². The molecular weight excluding hydrogens is 254 g/mol. The Hall–Kier alpha value is -2.82. The molecule has 0 bridgehead atoms. The van der Waals surface area contributed by atoms with Crippen LogP contribution in [0.4, 0.5) is 0 Å². The number of hydrogen-bond acceptors (Lipinski definition) is 2. The molecule has 5 heteroatoms. The van der Waals surface area contributed by atoms with Crippen molar-refractivity contribution < 1.29 is 9.90 Å². The highest BCUT2D eigenvalue weighted by Crippen LogP contribution is 2.25. The first-order valence-electron chi connectivity index (χ1n) is 6.23. The fourth-order valence-corrected chi connectivity index (χ4v) is 2.27. The molecule has 0 amide bonds. The quantitative estimate of drug-likeness (QED) is 0.635. The van der Waals surface area contributed by atoms with Crippen LogP contribution in [0.5, 0.6) is 0 Å². The molecule has 0 aliphatic carbocycles. The first-order chi connectivity index (χ1) is 9.74. The summed E-state index contributed by atoms with van der Waals surface area (Å²) in [5.41, 5.74) is 2.82. The second kappa shape index (κ2) is 5.05. The number of nitrogens with one attached hydrogen (secondary N) is 2. The number of para-hydroxylation sites is 1. The zero-order valence-electron chi connectivity index (χ0n) is 10.6. The third-order valence-corrected chi connectivity index (χ3v) is 3.14. The Morgan fingerprint density at radius 3 is 2.95 bits per heavy atom. The van der Waals surface area contributed by atoms with Gasteiger partial charge in [-0.15, -0.1) is 0 Å². The van der Waals surface area contributed by atoms with Crippen molar-refractivity contribution in [2.24, 2.45) is 0 Å². The van der Waals surface area contributed by atoms with Crippen LogP contribution < -0.4 is 0 Å². The molecule has 2 heterocycles. The van der Waals surface area contributed by atoms with Gasteiger partial charge >= 0.3 is 5.97 Å². The Labute approximate surface area is 115 Å². The van der Waals surface area contributed by atoms with E-state index in [1.165, 1.54) is 0 Å². The number of fused-ring (bicyclic) bond motifs is 1. The van der Waals surface area contributed by atoms with E-state index in [1.807, 2.05) is 24.3 Å². The van der Waals surface area contributed by atoms with Crippen LogP contribution in [0.15, 0.2) is 42.7 Å². The molecule has 100 valence electrons. The van der Waals surface area contributed by atoms with Crippen LogP contribution >= 0.6 is 0 Å². The van der Waals surface area contributed by atoms with Gasteiger partial charge in [0.15, 0.2) is 0 Å². The van der Waals surface area contributed by atoms with Crippen molar-refractivity contribution >= 4 is 22.9 Å². The largest absolute Gasteiger partial charge is 0.478 e. The molecule has 2 aromatic heterocycles. The number of carbonyl (C=O) groups is 1. The van der Waals surface area contributed by atoms with Crippen molar-refractivity contribution in [3.8, 4) is 0 Å². The summed E-state index contributed by atoms with van der Waals surface area (Å²) in [7, 11) is 0. The highest BCUT2D eigenvalue weighted by Gasteiger charge is 2.11. The Kier molecular flexibility index (Phi) is 3.09. The van der Waals surface area contributed by atoms with E-state index in [-0.39, 0.29) is 0 Å². The molecule has 3 aromatic rings. The molecule has 0 saturated heterocycles. The summed E-state index contributed by atoms with van der Waals surface area (Å²) in [6.45, 7) is 0. The number of carboxylic acid groups (broad SMARTS) is 1. The Morgan fingerprint density at radius 1 is 1.35 bits per heavy atom. The lowest BCUT2D eigenvalue weighted by atomic mass is 10.1. The fourth-order valence-electron chi connectivity index (χ4n) is 2.27. The number of aromatic amines is 2. The molecule has 0 spiro atoms. The maximum Gasteiger partial charge on any atom is 0.328 e. The maximum atomic E-state index is 10.7. The Bertz CT molecular complexity index is 770. The first-order valence-corrected chi connectivity index (χ1v) is 6.23. The molecule has 0 radical (unpaired) electrons. The van der Waals surface area contributed by atoms with Crippen molar-refractivity contribution in [1.29, 1.82) is 0 Å². The number of carboxylic acids is 1. The lowest BCUT2D eigenvalue weighted by molar-refractivity contribution is -0.131. The zero-order valence-corrected chi connectivity index (χ0v) is 10.6. The molecule has 0 aliphatic heterocycles. The van der Waals surface area contributed by atoms with Gasteiger partial charge < -0.3 is 15.1 Å². The maximum absolute atomic E-state index is 10.7. The van der Waals surface area contributed by atoms with E-state index >= 15 is 0 Å². The summed E-state index contributed by atoms with van der Waals surface area (Å²) >= 11 is 0. The summed E-state index contributed by atoms with van der Waals surface area (Å²) in [4.78, 5) is 21.2. The van der Waals surface area contributed by atoms with E-state index in [9.17, 15) is 4.79 Å². The predicted molar refractivity (Wildman–Crippen MR) is 76.4 cm³/mol. The van der Waals surface area contributed by atoms with Gasteiger partial charge in [0, 0.05) is 41.5 Å². The topological polar surface area (TPSA) is 81.8 Å². The summed E-state index contributed by atoms with van der Waals surface area (Å²) in [5.74, 6) is -0.118. The van der Waals surface area contributed by atoms with Gasteiger partial charge in [-0.2, -0.15) is 0 Å². The van der Waals surface area contributed by atoms with Crippen LogP contribution in [0.25, 0.3) is 17.0 Å². The van der Waals surface area contributed by atoms with E-state index in [0.29, 0.717) is 6.42 Å². The summed E-state index contributed by atoms with van der Waals surface area (Å²) < 4.78 is 0. The number of nitrogens with zero attached hydrogens (tertiary/aromatic N) is 1. The van der Waals surface area contributed by atoms with E-state index in [4.69, 9.17) is 5.11 Å². The molecular formula is C15H13N3O2. The van der Waals surface area contributed by atoms with Crippen molar-refractivity contribution in [3.05, 3.63) is 59.8 Å². The standard InChI is InChI=1S/C15H13N3O2/c19-15(20)6-5-13-11(9-14-16-7-8-17-14)10-3-1-2-4-12(10)18-13/h1-8,18H,9H2,(H,16,17)(H,19,20). The van der Waals surface area contributed by atoms with Crippen LogP contribution in [0.1, 0.15) is 17.1 Å². The molecule has 0 saturated carbocycles. The summed E-state index contributed by atoms with van der Waals surface area (Å²) in [5, 5.41) is 9.86. The van der Waals surface area contributed by atoms with Gasteiger partial charge in [-0.3, -0.25) is 0 Å². The Morgan fingerprint density at radius 2 is 2.20 bits per heavy atom. The van der Waals surface area contributed by atoms with Gasteiger partial charge in [0.2, 0.25) is 0 Å². The van der Waals surface area contributed by atoms with E-state index < -0.39 is 5.97 Å². The van der Waals surface area contributed by atoms with Crippen molar-refractivity contribution in [1.82, 2.24) is 15.0 Å². The third-order valence-electron chi connectivity index (χ3n) is 3.14. The van der Waals surface area contributed by atoms with Crippen molar-refractivity contribution in [2.75, 3.05) is 0 Å². The lowest BCUT2D eigenvalue weighted by Gasteiger charge is -1.99. The number of aromatic nitrogens is 3. The normalized spacial score (nSPS) is 11.4.